The summed E-state index contributed by atoms with van der Waals surface area (Å²) in [6.07, 6.45) is 0. The van der Waals surface area contributed by atoms with Crippen LogP contribution in [0.25, 0.3) is 0 Å². The molecule has 0 spiro atoms. The smallest absolute Gasteiger partial charge is 0.164 e. The fourth-order valence-electron chi connectivity index (χ4n) is 2.01. The first-order valence-corrected chi connectivity index (χ1v) is 8.78. The van der Waals surface area contributed by atoms with E-state index in [1.165, 1.54) is 0 Å². The maximum absolute atomic E-state index is 6.25. The minimum atomic E-state index is 0.372. The van der Waals surface area contributed by atoms with Gasteiger partial charge in [-0.1, -0.05) is 37.0 Å². The molecule has 0 radical (unpaired) electrons. The van der Waals surface area contributed by atoms with Gasteiger partial charge in [-0.05, 0) is 35.9 Å². The Labute approximate surface area is 151 Å². The van der Waals surface area contributed by atoms with Gasteiger partial charge < -0.3 is 15.2 Å². The van der Waals surface area contributed by atoms with Crippen LogP contribution in [0.5, 0.6) is 17.2 Å². The summed E-state index contributed by atoms with van der Waals surface area (Å²) < 4.78 is 11.3. The molecule has 0 fully saturated rings. The van der Waals surface area contributed by atoms with Gasteiger partial charge in [0.1, 0.15) is 11.5 Å². The van der Waals surface area contributed by atoms with Crippen LogP contribution in [0.3, 0.4) is 0 Å². The number of thioether (sulfide) groups is 1. The Morgan fingerprint density at radius 2 is 1.78 bits per heavy atom. The van der Waals surface area contributed by atoms with E-state index in [1.807, 2.05) is 18.2 Å². The number of benzene rings is 2. The second-order valence-electron chi connectivity index (χ2n) is 5.17. The molecule has 23 heavy (non-hydrogen) atoms. The van der Waals surface area contributed by atoms with E-state index < -0.39 is 0 Å². The van der Waals surface area contributed by atoms with Crippen molar-refractivity contribution in [2.24, 2.45) is 5.73 Å². The maximum Gasteiger partial charge on any atom is 0.164 e. The molecular formula is C17H19Cl2NO2S. The summed E-state index contributed by atoms with van der Waals surface area (Å²) in [4.78, 5) is 1.01. The fourth-order valence-corrected chi connectivity index (χ4v) is 3.58. The van der Waals surface area contributed by atoms with Crippen LogP contribution < -0.4 is 15.2 Å². The third-order valence-electron chi connectivity index (χ3n) is 3.01. The zero-order chi connectivity index (χ0) is 17.0. The average molecular weight is 372 g/mol. The van der Waals surface area contributed by atoms with Gasteiger partial charge in [0, 0.05) is 11.8 Å². The number of rotatable bonds is 6. The summed E-state index contributed by atoms with van der Waals surface area (Å²) in [6, 6.07) is 9.14. The highest BCUT2D eigenvalue weighted by Crippen LogP contribution is 2.40. The second-order valence-corrected chi connectivity index (χ2v) is 7.61. The molecule has 0 aliphatic heterocycles. The second kappa shape index (κ2) is 8.15. The molecular weight excluding hydrogens is 353 g/mol. The predicted molar refractivity (Wildman–Crippen MR) is 98.4 cm³/mol. The molecule has 0 saturated heterocycles. The standard InChI is InChI=1S/C17H19Cl2NO2S/c1-10(2)23-16-8-12(4-5-15(16)21-3)22-17-13(18)6-11(9-20)7-14(17)19/h4-8,10H,9,20H2,1-3H3. The number of halogens is 2. The molecule has 124 valence electrons. The van der Waals surface area contributed by atoms with Gasteiger partial charge in [-0.15, -0.1) is 11.8 Å². The van der Waals surface area contributed by atoms with Crippen LogP contribution in [0.1, 0.15) is 19.4 Å². The molecule has 0 amide bonds. The summed E-state index contributed by atoms with van der Waals surface area (Å²) in [5.41, 5.74) is 6.47. The Balaban J connectivity index is 2.33. The predicted octanol–water partition coefficient (Wildman–Crippen LogP) is 5.75. The van der Waals surface area contributed by atoms with Crippen LogP contribution >= 0.6 is 35.0 Å². The van der Waals surface area contributed by atoms with Crippen molar-refractivity contribution in [3.05, 3.63) is 45.9 Å². The molecule has 0 atom stereocenters. The molecule has 0 saturated carbocycles. The van der Waals surface area contributed by atoms with Gasteiger partial charge in [-0.2, -0.15) is 0 Å². The van der Waals surface area contributed by atoms with Gasteiger partial charge in [0.15, 0.2) is 5.75 Å². The Morgan fingerprint density at radius 1 is 1.13 bits per heavy atom. The third-order valence-corrected chi connectivity index (χ3v) is 4.62. The first kappa shape index (κ1) is 18.3. The van der Waals surface area contributed by atoms with Crippen molar-refractivity contribution in [1.29, 1.82) is 0 Å². The van der Waals surface area contributed by atoms with Crippen LogP contribution in [-0.4, -0.2) is 12.4 Å². The highest BCUT2D eigenvalue weighted by atomic mass is 35.5. The molecule has 0 unspecified atom stereocenters. The van der Waals surface area contributed by atoms with E-state index in [4.69, 9.17) is 38.4 Å². The van der Waals surface area contributed by atoms with E-state index in [0.717, 1.165) is 16.2 Å². The lowest BCUT2D eigenvalue weighted by Gasteiger charge is -2.14. The molecule has 6 heteroatoms. The first-order valence-electron chi connectivity index (χ1n) is 7.15. The van der Waals surface area contributed by atoms with Gasteiger partial charge in [-0.3, -0.25) is 0 Å². The van der Waals surface area contributed by atoms with Crippen LogP contribution in [0, 0.1) is 0 Å². The van der Waals surface area contributed by atoms with Crippen LogP contribution in [0.4, 0.5) is 0 Å². The zero-order valence-electron chi connectivity index (χ0n) is 13.2. The van der Waals surface area contributed by atoms with E-state index in [9.17, 15) is 0 Å². The van der Waals surface area contributed by atoms with E-state index in [1.54, 1.807) is 31.0 Å². The number of methoxy groups -OCH3 is 1. The Kier molecular flexibility index (Phi) is 6.48. The molecule has 2 N–H and O–H groups in total. The van der Waals surface area contributed by atoms with E-state index >= 15 is 0 Å². The topological polar surface area (TPSA) is 44.5 Å². The van der Waals surface area contributed by atoms with Crippen molar-refractivity contribution in [3.8, 4) is 17.2 Å². The molecule has 0 heterocycles. The van der Waals surface area contributed by atoms with Crippen molar-refractivity contribution in [2.75, 3.05) is 7.11 Å². The van der Waals surface area contributed by atoms with Gasteiger partial charge >= 0.3 is 0 Å². The molecule has 0 aromatic heterocycles. The lowest BCUT2D eigenvalue weighted by Crippen LogP contribution is -1.97. The summed E-state index contributed by atoms with van der Waals surface area (Å²) in [6.45, 7) is 4.62. The third kappa shape index (κ3) is 4.70. The highest BCUT2D eigenvalue weighted by Gasteiger charge is 2.13. The Morgan fingerprint density at radius 3 is 2.30 bits per heavy atom. The average Bonchev–Trinajstić information content (AvgIpc) is 2.50. The van der Waals surface area contributed by atoms with Crippen molar-refractivity contribution in [2.45, 2.75) is 30.5 Å². The first-order chi connectivity index (χ1) is 10.9. The lowest BCUT2D eigenvalue weighted by atomic mass is 10.2. The monoisotopic (exact) mass is 371 g/mol. The van der Waals surface area contributed by atoms with Crippen molar-refractivity contribution in [1.82, 2.24) is 0 Å². The summed E-state index contributed by atoms with van der Waals surface area (Å²) in [5, 5.41) is 1.30. The minimum absolute atomic E-state index is 0.372. The summed E-state index contributed by atoms with van der Waals surface area (Å²) in [7, 11) is 1.65. The molecule has 3 nitrogen and oxygen atoms in total. The SMILES string of the molecule is COc1ccc(Oc2c(Cl)cc(CN)cc2Cl)cc1SC(C)C. The zero-order valence-corrected chi connectivity index (χ0v) is 15.6. The fraction of sp³-hybridized carbons (Fsp3) is 0.294. The number of nitrogens with two attached hydrogens (primary N) is 1. The Bertz CT molecular complexity index is 669. The van der Waals surface area contributed by atoms with E-state index in [0.29, 0.717) is 33.3 Å². The molecule has 0 bridgehead atoms. The maximum atomic E-state index is 6.25. The van der Waals surface area contributed by atoms with Crippen molar-refractivity contribution >= 4 is 35.0 Å². The van der Waals surface area contributed by atoms with Gasteiger partial charge in [0.2, 0.25) is 0 Å². The minimum Gasteiger partial charge on any atom is -0.496 e. The highest BCUT2D eigenvalue weighted by molar-refractivity contribution is 8.00. The lowest BCUT2D eigenvalue weighted by molar-refractivity contribution is 0.402. The Hall–Kier alpha value is -1.07. The van der Waals surface area contributed by atoms with Crippen LogP contribution in [0.2, 0.25) is 10.0 Å². The van der Waals surface area contributed by atoms with E-state index in [2.05, 4.69) is 13.8 Å². The normalized spacial score (nSPS) is 10.9. The molecule has 2 aromatic carbocycles. The van der Waals surface area contributed by atoms with Gasteiger partial charge in [0.25, 0.3) is 0 Å². The number of hydrogen-bond acceptors (Lipinski definition) is 4. The van der Waals surface area contributed by atoms with Crippen molar-refractivity contribution in [3.63, 3.8) is 0 Å². The summed E-state index contributed by atoms with van der Waals surface area (Å²) >= 11 is 14.2. The van der Waals surface area contributed by atoms with Gasteiger partial charge in [-0.25, -0.2) is 0 Å². The van der Waals surface area contributed by atoms with E-state index in [-0.39, 0.29) is 0 Å². The molecule has 0 aliphatic carbocycles. The molecule has 2 rings (SSSR count). The molecule has 0 aliphatic rings. The van der Waals surface area contributed by atoms with Crippen LogP contribution in [0.15, 0.2) is 35.2 Å². The number of ether oxygens (including phenoxy) is 2. The van der Waals surface area contributed by atoms with Crippen LogP contribution in [-0.2, 0) is 6.54 Å². The van der Waals surface area contributed by atoms with Gasteiger partial charge in [0.05, 0.1) is 22.1 Å². The van der Waals surface area contributed by atoms with Crippen molar-refractivity contribution < 1.29 is 9.47 Å². The molecule has 2 aromatic rings. The number of hydrogen-bond donors (Lipinski definition) is 1. The quantitative estimate of drug-likeness (QED) is 0.656. The largest absolute Gasteiger partial charge is 0.496 e. The summed E-state index contributed by atoms with van der Waals surface area (Å²) in [5.74, 6) is 1.89.